The third kappa shape index (κ3) is 3.36. The highest BCUT2D eigenvalue weighted by Crippen LogP contribution is 2.21. The Hall–Kier alpha value is -1.79. The number of carbonyl (C=O) groups is 1. The van der Waals surface area contributed by atoms with Crippen LogP contribution in [0.3, 0.4) is 0 Å². The zero-order valence-electron chi connectivity index (χ0n) is 9.75. The summed E-state index contributed by atoms with van der Waals surface area (Å²) in [6.45, 7) is 1.39. The molecule has 0 aliphatic rings. The number of hydrogen-bond acceptors (Lipinski definition) is 4. The van der Waals surface area contributed by atoms with E-state index in [2.05, 4.69) is 10.1 Å². The molecule has 0 saturated heterocycles. The molecule has 0 fully saturated rings. The van der Waals surface area contributed by atoms with Gasteiger partial charge in [-0.1, -0.05) is 23.2 Å². The minimum Gasteiger partial charge on any atom is -0.479 e. The van der Waals surface area contributed by atoms with E-state index in [4.69, 9.17) is 33.0 Å². The Morgan fingerprint density at radius 2 is 2.00 bits per heavy atom. The van der Waals surface area contributed by atoms with Gasteiger partial charge in [-0.3, -0.25) is 0 Å². The zero-order chi connectivity index (χ0) is 14.0. The third-order valence-electron chi connectivity index (χ3n) is 2.21. The fourth-order valence-corrected chi connectivity index (χ4v) is 1.82. The van der Waals surface area contributed by atoms with E-state index in [1.54, 1.807) is 18.2 Å². The normalized spacial score (nSPS) is 12.2. The molecule has 0 saturated carbocycles. The molecule has 2 aromatic rings. The molecule has 0 amide bonds. The van der Waals surface area contributed by atoms with Gasteiger partial charge in [-0.25, -0.2) is 9.48 Å². The van der Waals surface area contributed by atoms with Gasteiger partial charge in [0.05, 0.1) is 5.69 Å². The van der Waals surface area contributed by atoms with E-state index in [1.165, 1.54) is 17.9 Å². The second kappa shape index (κ2) is 5.46. The highest BCUT2D eigenvalue weighted by molar-refractivity contribution is 6.34. The number of benzene rings is 1. The quantitative estimate of drug-likeness (QED) is 0.938. The molecule has 1 aromatic carbocycles. The van der Waals surface area contributed by atoms with Crippen LogP contribution in [0.2, 0.25) is 10.0 Å². The number of carboxylic acids is 1. The van der Waals surface area contributed by atoms with Gasteiger partial charge >= 0.3 is 12.0 Å². The van der Waals surface area contributed by atoms with Crippen molar-refractivity contribution in [2.24, 2.45) is 0 Å². The molecule has 1 heterocycles. The van der Waals surface area contributed by atoms with Gasteiger partial charge in [0.1, 0.15) is 6.33 Å². The van der Waals surface area contributed by atoms with Crippen LogP contribution in [0, 0.1) is 0 Å². The van der Waals surface area contributed by atoms with Gasteiger partial charge in [0, 0.05) is 10.0 Å². The van der Waals surface area contributed by atoms with E-state index in [-0.39, 0.29) is 6.01 Å². The first kappa shape index (κ1) is 13.6. The topological polar surface area (TPSA) is 77.2 Å². The molecule has 1 aromatic heterocycles. The minimum absolute atomic E-state index is 0.0361. The van der Waals surface area contributed by atoms with Crippen molar-refractivity contribution in [1.82, 2.24) is 14.8 Å². The maximum atomic E-state index is 10.6. The van der Waals surface area contributed by atoms with Crippen molar-refractivity contribution < 1.29 is 14.6 Å². The SMILES string of the molecule is CC(Oc1ncn(-c2cc(Cl)cc(Cl)c2)n1)C(=O)O. The van der Waals surface area contributed by atoms with E-state index < -0.39 is 12.1 Å². The lowest BCUT2D eigenvalue weighted by atomic mass is 10.3. The smallest absolute Gasteiger partial charge is 0.344 e. The van der Waals surface area contributed by atoms with Crippen LogP contribution in [0.5, 0.6) is 6.01 Å². The summed E-state index contributed by atoms with van der Waals surface area (Å²) in [4.78, 5) is 14.5. The van der Waals surface area contributed by atoms with Gasteiger partial charge in [-0.15, -0.1) is 5.10 Å². The third-order valence-corrected chi connectivity index (χ3v) is 2.65. The molecule has 100 valence electrons. The first-order valence-corrected chi connectivity index (χ1v) is 5.99. The Balaban J connectivity index is 2.23. The molecule has 2 rings (SSSR count). The summed E-state index contributed by atoms with van der Waals surface area (Å²) in [6, 6.07) is 4.85. The maximum Gasteiger partial charge on any atom is 0.344 e. The second-order valence-corrected chi connectivity index (χ2v) is 4.57. The zero-order valence-corrected chi connectivity index (χ0v) is 11.3. The summed E-state index contributed by atoms with van der Waals surface area (Å²) < 4.78 is 6.42. The van der Waals surface area contributed by atoms with Crippen molar-refractivity contribution >= 4 is 29.2 Å². The Morgan fingerprint density at radius 3 is 2.58 bits per heavy atom. The van der Waals surface area contributed by atoms with Crippen LogP contribution in [0.4, 0.5) is 0 Å². The van der Waals surface area contributed by atoms with Crippen molar-refractivity contribution in [2.45, 2.75) is 13.0 Å². The molecule has 1 atom stereocenters. The number of aliphatic carboxylic acids is 1. The number of halogens is 2. The van der Waals surface area contributed by atoms with Crippen LogP contribution < -0.4 is 4.74 Å². The summed E-state index contributed by atoms with van der Waals surface area (Å²) in [5, 5.41) is 13.6. The van der Waals surface area contributed by atoms with Crippen LogP contribution in [-0.2, 0) is 4.79 Å². The van der Waals surface area contributed by atoms with Crippen molar-refractivity contribution in [3.05, 3.63) is 34.6 Å². The Bertz CT molecular complexity index is 595. The number of rotatable bonds is 4. The largest absolute Gasteiger partial charge is 0.479 e. The van der Waals surface area contributed by atoms with E-state index in [1.807, 2.05) is 0 Å². The van der Waals surface area contributed by atoms with Crippen LogP contribution in [-0.4, -0.2) is 31.9 Å². The van der Waals surface area contributed by atoms with Crippen molar-refractivity contribution in [3.8, 4) is 11.7 Å². The van der Waals surface area contributed by atoms with E-state index in [0.29, 0.717) is 15.7 Å². The molecular weight excluding hydrogens is 293 g/mol. The molecule has 19 heavy (non-hydrogen) atoms. The first-order chi connectivity index (χ1) is 8.95. The highest BCUT2D eigenvalue weighted by Gasteiger charge is 2.15. The monoisotopic (exact) mass is 301 g/mol. The Kier molecular flexibility index (Phi) is 3.92. The van der Waals surface area contributed by atoms with Gasteiger partial charge in [0.2, 0.25) is 0 Å². The van der Waals surface area contributed by atoms with Gasteiger partial charge in [0.25, 0.3) is 0 Å². The van der Waals surface area contributed by atoms with Gasteiger partial charge in [-0.2, -0.15) is 4.98 Å². The second-order valence-electron chi connectivity index (χ2n) is 3.70. The molecule has 0 radical (unpaired) electrons. The fourth-order valence-electron chi connectivity index (χ4n) is 1.31. The molecule has 1 unspecified atom stereocenters. The molecule has 0 aliphatic heterocycles. The molecule has 6 nitrogen and oxygen atoms in total. The predicted molar refractivity (Wildman–Crippen MR) is 69.1 cm³/mol. The molecule has 8 heteroatoms. The molecule has 0 aliphatic carbocycles. The number of ether oxygens (including phenoxy) is 1. The lowest BCUT2D eigenvalue weighted by molar-refractivity contribution is -0.144. The number of nitrogens with zero attached hydrogens (tertiary/aromatic N) is 3. The van der Waals surface area contributed by atoms with E-state index in [0.717, 1.165) is 0 Å². The van der Waals surface area contributed by atoms with E-state index in [9.17, 15) is 4.79 Å². The van der Waals surface area contributed by atoms with Gasteiger partial charge in [-0.05, 0) is 25.1 Å². The van der Waals surface area contributed by atoms with Crippen molar-refractivity contribution in [3.63, 3.8) is 0 Å². The predicted octanol–water partition coefficient (Wildman–Crippen LogP) is 2.43. The molecule has 1 N–H and O–H groups in total. The lowest BCUT2D eigenvalue weighted by Crippen LogP contribution is -2.23. The van der Waals surface area contributed by atoms with Crippen LogP contribution in [0.25, 0.3) is 5.69 Å². The number of carboxylic acid groups (broad SMARTS) is 1. The van der Waals surface area contributed by atoms with Gasteiger partial charge < -0.3 is 9.84 Å². The Morgan fingerprint density at radius 1 is 1.37 bits per heavy atom. The highest BCUT2D eigenvalue weighted by atomic mass is 35.5. The lowest BCUT2D eigenvalue weighted by Gasteiger charge is -2.05. The van der Waals surface area contributed by atoms with Crippen LogP contribution in [0.15, 0.2) is 24.5 Å². The average molecular weight is 302 g/mol. The summed E-state index contributed by atoms with van der Waals surface area (Å²) in [5.41, 5.74) is 0.600. The minimum atomic E-state index is -1.10. The maximum absolute atomic E-state index is 10.6. The molecule has 0 bridgehead atoms. The molecular formula is C11H9Cl2N3O3. The first-order valence-electron chi connectivity index (χ1n) is 5.23. The summed E-state index contributed by atoms with van der Waals surface area (Å²) >= 11 is 11.8. The summed E-state index contributed by atoms with van der Waals surface area (Å²) in [5.74, 6) is -1.10. The molecule has 0 spiro atoms. The van der Waals surface area contributed by atoms with E-state index >= 15 is 0 Å². The summed E-state index contributed by atoms with van der Waals surface area (Å²) in [6.07, 6.45) is 0.352. The fraction of sp³-hybridized carbons (Fsp3) is 0.182. The summed E-state index contributed by atoms with van der Waals surface area (Å²) in [7, 11) is 0. The van der Waals surface area contributed by atoms with Crippen molar-refractivity contribution in [2.75, 3.05) is 0 Å². The van der Waals surface area contributed by atoms with Gasteiger partial charge in [0.15, 0.2) is 6.10 Å². The average Bonchev–Trinajstić information content (AvgIpc) is 2.76. The van der Waals surface area contributed by atoms with Crippen LogP contribution >= 0.6 is 23.2 Å². The number of hydrogen-bond donors (Lipinski definition) is 1. The Labute approximate surface area is 118 Å². The van der Waals surface area contributed by atoms with Crippen molar-refractivity contribution in [1.29, 1.82) is 0 Å². The number of aromatic nitrogens is 3. The van der Waals surface area contributed by atoms with Crippen LogP contribution in [0.1, 0.15) is 6.92 Å². The standard InChI is InChI=1S/C11H9Cl2N3O3/c1-6(10(17)18)19-11-14-5-16(15-11)9-3-7(12)2-8(13)4-9/h2-6H,1H3,(H,17,18).